The Morgan fingerprint density at radius 2 is 1.39 bits per heavy atom. The quantitative estimate of drug-likeness (QED) is 0.330. The van der Waals surface area contributed by atoms with E-state index in [9.17, 15) is 8.42 Å². The van der Waals surface area contributed by atoms with Gasteiger partial charge in [-0.25, -0.2) is 8.42 Å². The Kier molecular flexibility index (Phi) is 7.79. The van der Waals surface area contributed by atoms with Crippen molar-refractivity contribution < 1.29 is 12.8 Å². The molecular weight excluding hydrogens is 482 g/mol. The molecule has 0 atom stereocenters. The van der Waals surface area contributed by atoms with E-state index < -0.39 is 18.2 Å². The maximum absolute atomic E-state index is 13.3. The molecule has 1 fully saturated rings. The maximum atomic E-state index is 13.3. The number of nitrogen functional groups attached to an aromatic ring is 1. The zero-order valence-corrected chi connectivity index (χ0v) is 23.7. The van der Waals surface area contributed by atoms with Crippen LogP contribution in [0.2, 0.25) is 5.04 Å². The number of hydrogen-bond donors (Lipinski definition) is 1. The zero-order chi connectivity index (χ0) is 26.0. The molecule has 0 heterocycles. The number of sulfone groups is 1. The molecule has 192 valence electrons. The molecule has 3 aromatic rings. The van der Waals surface area contributed by atoms with Crippen molar-refractivity contribution >= 4 is 34.2 Å². The van der Waals surface area contributed by atoms with Gasteiger partial charge in [0.05, 0.1) is 10.1 Å². The Morgan fingerprint density at radius 1 is 0.861 bits per heavy atom. The Balaban J connectivity index is 1.53. The number of benzene rings is 3. The summed E-state index contributed by atoms with van der Waals surface area (Å²) in [7, 11) is -5.95. The molecule has 0 amide bonds. The summed E-state index contributed by atoms with van der Waals surface area (Å²) < 4.78 is 33.7. The first-order valence-electron chi connectivity index (χ1n) is 12.9. The minimum Gasteiger partial charge on any atom is -0.407 e. The Bertz CT molecular complexity index is 1220. The molecule has 4 rings (SSSR count). The molecule has 3 aromatic carbocycles. The summed E-state index contributed by atoms with van der Waals surface area (Å²) in [5, 5.41) is 2.14. The third-order valence-electron chi connectivity index (χ3n) is 7.75. The number of hydrogen-bond acceptors (Lipinski definition) is 4. The van der Waals surface area contributed by atoms with E-state index in [-0.39, 0.29) is 10.3 Å². The number of rotatable bonds is 7. The van der Waals surface area contributed by atoms with Gasteiger partial charge in [-0.05, 0) is 77.7 Å². The lowest BCUT2D eigenvalue weighted by molar-refractivity contribution is 0.199. The second kappa shape index (κ2) is 10.5. The molecule has 0 saturated heterocycles. The molecule has 1 saturated carbocycles. The van der Waals surface area contributed by atoms with E-state index in [2.05, 4.69) is 81.4 Å². The minimum atomic E-state index is -3.36. The van der Waals surface area contributed by atoms with Crippen LogP contribution in [0.5, 0.6) is 0 Å². The van der Waals surface area contributed by atoms with Crippen LogP contribution >= 0.6 is 0 Å². The topological polar surface area (TPSA) is 69.4 Å². The SMILES string of the molecule is Cc1cc(S(=O)(=O)C2CCC(CO[Si](c3ccccc3)(c3ccccc3)C(C)(C)C)CC2)ccc1N. The minimum absolute atomic E-state index is 0.0662. The van der Waals surface area contributed by atoms with E-state index in [1.54, 1.807) is 18.2 Å². The van der Waals surface area contributed by atoms with E-state index in [0.717, 1.165) is 18.4 Å². The smallest absolute Gasteiger partial charge is 0.261 e. The van der Waals surface area contributed by atoms with Crippen LogP contribution in [-0.4, -0.2) is 28.6 Å². The lowest BCUT2D eigenvalue weighted by Gasteiger charge is -2.44. The fraction of sp³-hybridized carbons (Fsp3) is 0.400. The molecule has 6 heteroatoms. The summed E-state index contributed by atoms with van der Waals surface area (Å²) in [6, 6.07) is 26.4. The van der Waals surface area contributed by atoms with Crippen LogP contribution in [0.1, 0.15) is 52.0 Å². The van der Waals surface area contributed by atoms with E-state index in [1.807, 2.05) is 6.92 Å². The highest BCUT2D eigenvalue weighted by molar-refractivity contribution is 7.92. The van der Waals surface area contributed by atoms with Crippen molar-refractivity contribution in [3.8, 4) is 0 Å². The standard InChI is InChI=1S/C30H39NO3SSi/c1-23-21-26(19-20-29(23)31)35(32,33)25-17-15-24(16-18-25)22-34-36(30(2,3)4,27-11-7-5-8-12-27)28-13-9-6-10-14-28/h5-14,19-21,24-25H,15-18,22,31H2,1-4H3. The Labute approximate surface area is 218 Å². The molecule has 0 radical (unpaired) electrons. The predicted octanol–water partition coefficient (Wildman–Crippen LogP) is 5.49. The molecule has 0 aliphatic heterocycles. The molecular formula is C30H39NO3SSi. The van der Waals surface area contributed by atoms with Gasteiger partial charge in [-0.2, -0.15) is 0 Å². The van der Waals surface area contributed by atoms with Crippen LogP contribution < -0.4 is 16.1 Å². The van der Waals surface area contributed by atoms with E-state index in [4.69, 9.17) is 10.2 Å². The second-order valence-corrected chi connectivity index (χ2v) is 17.7. The highest BCUT2D eigenvalue weighted by Crippen LogP contribution is 2.39. The van der Waals surface area contributed by atoms with Crippen molar-refractivity contribution in [2.24, 2.45) is 5.92 Å². The molecule has 1 aliphatic rings. The highest BCUT2D eigenvalue weighted by Gasteiger charge is 2.50. The lowest BCUT2D eigenvalue weighted by atomic mass is 9.90. The normalized spacial score (nSPS) is 19.2. The molecule has 0 aromatic heterocycles. The number of anilines is 1. The van der Waals surface area contributed by atoms with Crippen molar-refractivity contribution in [3.63, 3.8) is 0 Å². The van der Waals surface area contributed by atoms with Gasteiger partial charge in [-0.3, -0.25) is 0 Å². The summed E-state index contributed by atoms with van der Waals surface area (Å²) in [6.07, 6.45) is 3.05. The predicted molar refractivity (Wildman–Crippen MR) is 152 cm³/mol. The first-order chi connectivity index (χ1) is 17.1. The third-order valence-corrected chi connectivity index (χ3v) is 15.0. The average molecular weight is 522 g/mol. The van der Waals surface area contributed by atoms with Gasteiger partial charge in [0, 0.05) is 12.3 Å². The summed E-state index contributed by atoms with van der Waals surface area (Å²) in [6.45, 7) is 9.38. The molecule has 36 heavy (non-hydrogen) atoms. The lowest BCUT2D eigenvalue weighted by Crippen LogP contribution is -2.67. The Hall–Kier alpha value is -2.41. The van der Waals surface area contributed by atoms with E-state index >= 15 is 0 Å². The van der Waals surface area contributed by atoms with Crippen molar-refractivity contribution in [2.45, 2.75) is 68.6 Å². The monoisotopic (exact) mass is 521 g/mol. The van der Waals surface area contributed by atoms with Gasteiger partial charge < -0.3 is 10.2 Å². The van der Waals surface area contributed by atoms with Gasteiger partial charge in [-0.1, -0.05) is 81.4 Å². The van der Waals surface area contributed by atoms with Gasteiger partial charge in [0.1, 0.15) is 0 Å². The maximum Gasteiger partial charge on any atom is 0.261 e. The molecule has 0 spiro atoms. The van der Waals surface area contributed by atoms with Gasteiger partial charge in [0.15, 0.2) is 9.84 Å². The molecule has 4 nitrogen and oxygen atoms in total. The fourth-order valence-corrected chi connectivity index (χ4v) is 12.1. The second-order valence-electron chi connectivity index (χ2n) is 11.2. The average Bonchev–Trinajstić information content (AvgIpc) is 2.87. The summed E-state index contributed by atoms with van der Waals surface area (Å²) in [5.74, 6) is 0.353. The molecule has 2 N–H and O–H groups in total. The van der Waals surface area contributed by atoms with Gasteiger partial charge >= 0.3 is 0 Å². The van der Waals surface area contributed by atoms with Crippen LogP contribution in [0.15, 0.2) is 83.8 Å². The third kappa shape index (κ3) is 5.17. The largest absolute Gasteiger partial charge is 0.407 e. The van der Waals surface area contributed by atoms with Gasteiger partial charge in [0.25, 0.3) is 8.32 Å². The summed E-state index contributed by atoms with van der Waals surface area (Å²) >= 11 is 0. The number of aryl methyl sites for hydroxylation is 1. The van der Waals surface area contributed by atoms with Crippen molar-refractivity contribution in [1.82, 2.24) is 0 Å². The zero-order valence-electron chi connectivity index (χ0n) is 21.9. The van der Waals surface area contributed by atoms with Crippen molar-refractivity contribution in [3.05, 3.63) is 84.4 Å². The highest BCUT2D eigenvalue weighted by atomic mass is 32.2. The van der Waals surface area contributed by atoms with Gasteiger partial charge in [-0.15, -0.1) is 0 Å². The van der Waals surface area contributed by atoms with Crippen molar-refractivity contribution in [2.75, 3.05) is 12.3 Å². The first-order valence-corrected chi connectivity index (χ1v) is 16.4. The summed E-state index contributed by atoms with van der Waals surface area (Å²) in [4.78, 5) is 0.390. The Morgan fingerprint density at radius 3 is 1.86 bits per heavy atom. The summed E-state index contributed by atoms with van der Waals surface area (Å²) in [5.41, 5.74) is 7.34. The number of nitrogens with two attached hydrogens (primary N) is 1. The molecule has 0 unspecified atom stereocenters. The molecule has 1 aliphatic carbocycles. The fourth-order valence-electron chi connectivity index (χ4n) is 5.63. The molecule has 0 bridgehead atoms. The van der Waals surface area contributed by atoms with Crippen LogP contribution in [0.25, 0.3) is 0 Å². The van der Waals surface area contributed by atoms with Crippen LogP contribution in [0, 0.1) is 12.8 Å². The first kappa shape index (κ1) is 26.6. The van der Waals surface area contributed by atoms with Crippen LogP contribution in [-0.2, 0) is 14.3 Å². The van der Waals surface area contributed by atoms with Crippen LogP contribution in [0.3, 0.4) is 0 Å². The van der Waals surface area contributed by atoms with E-state index in [0.29, 0.717) is 35.9 Å². The van der Waals surface area contributed by atoms with Crippen LogP contribution in [0.4, 0.5) is 5.69 Å². The van der Waals surface area contributed by atoms with E-state index in [1.165, 1.54) is 10.4 Å². The van der Waals surface area contributed by atoms with Gasteiger partial charge in [0.2, 0.25) is 0 Å². The van der Waals surface area contributed by atoms with Crippen molar-refractivity contribution in [1.29, 1.82) is 0 Å².